The number of halogens is 1. The van der Waals surface area contributed by atoms with Crippen LogP contribution in [0.2, 0.25) is 0 Å². The number of carbonyl (C=O) groups excluding carboxylic acids is 1. The van der Waals surface area contributed by atoms with Crippen molar-refractivity contribution in [2.45, 2.75) is 18.0 Å². The first kappa shape index (κ1) is 18.9. The zero-order chi connectivity index (χ0) is 19.6. The van der Waals surface area contributed by atoms with Crippen LogP contribution in [-0.2, 0) is 9.53 Å². The maximum absolute atomic E-state index is 13.8. The minimum absolute atomic E-state index is 0.245. The van der Waals surface area contributed by atoms with Crippen molar-refractivity contribution in [1.29, 1.82) is 0 Å². The fourth-order valence-corrected chi connectivity index (χ4v) is 3.63. The van der Waals surface area contributed by atoms with Gasteiger partial charge in [0.1, 0.15) is 11.6 Å². The highest BCUT2D eigenvalue weighted by atomic mass is 32.2. The van der Waals surface area contributed by atoms with Crippen LogP contribution in [0.5, 0.6) is 0 Å². The molecule has 2 aromatic rings. The number of hydrogen-bond acceptors (Lipinski definition) is 6. The number of carbonyl (C=O) groups is 1. The number of nitrogens with zero attached hydrogens (tertiary/aromatic N) is 1. The largest absolute Gasteiger partial charge is 0.466 e. The van der Waals surface area contributed by atoms with Crippen LogP contribution in [0, 0.1) is 5.82 Å². The van der Waals surface area contributed by atoms with Gasteiger partial charge in [-0.15, -0.1) is 6.58 Å². The lowest BCUT2D eigenvalue weighted by atomic mass is 9.82. The molecule has 2 N–H and O–H groups in total. The smallest absolute Gasteiger partial charge is 0.336 e. The number of esters is 1. The third kappa shape index (κ3) is 3.66. The summed E-state index contributed by atoms with van der Waals surface area (Å²) in [7, 11) is 1.26. The zero-order valence-corrected chi connectivity index (χ0v) is 15.7. The second-order valence-electron chi connectivity index (χ2n) is 5.88. The number of ether oxygens (including phenoxy) is 1. The number of benzene rings is 1. The van der Waals surface area contributed by atoms with Crippen LogP contribution in [0.15, 0.2) is 58.1 Å². The molecule has 1 atom stereocenters. The van der Waals surface area contributed by atoms with Crippen LogP contribution in [0.25, 0.3) is 0 Å². The number of aromatic nitrogens is 2. The standard InChI is InChI=1S/C19H18FN3O3S/c1-4-8-27-19-22-16-15(17(24)23-19)14(11-6-5-7-12(20)9-11)13(10(2)21-16)18(25)26-3/h4-7,9,14H,1,8H2,2-3H3,(H2,21,22,23,24). The molecule has 1 aliphatic rings. The Morgan fingerprint density at radius 2 is 2.26 bits per heavy atom. The number of anilines is 1. The average Bonchev–Trinajstić information content (AvgIpc) is 2.64. The Morgan fingerprint density at radius 1 is 1.48 bits per heavy atom. The van der Waals surface area contributed by atoms with E-state index in [9.17, 15) is 14.0 Å². The minimum Gasteiger partial charge on any atom is -0.466 e. The molecule has 0 bridgehead atoms. The van der Waals surface area contributed by atoms with Crippen LogP contribution >= 0.6 is 11.8 Å². The van der Waals surface area contributed by atoms with E-state index < -0.39 is 23.3 Å². The van der Waals surface area contributed by atoms with E-state index in [-0.39, 0.29) is 11.1 Å². The molecule has 0 amide bonds. The molecule has 0 spiro atoms. The Kier molecular flexibility index (Phi) is 5.46. The van der Waals surface area contributed by atoms with Crippen molar-refractivity contribution in [3.8, 4) is 0 Å². The van der Waals surface area contributed by atoms with Crippen molar-refractivity contribution in [1.82, 2.24) is 9.97 Å². The molecule has 1 unspecified atom stereocenters. The van der Waals surface area contributed by atoms with E-state index in [2.05, 4.69) is 21.9 Å². The number of hydrogen-bond donors (Lipinski definition) is 2. The fraction of sp³-hybridized carbons (Fsp3) is 0.211. The van der Waals surface area contributed by atoms with Gasteiger partial charge in [0.2, 0.25) is 0 Å². The van der Waals surface area contributed by atoms with Crippen molar-refractivity contribution in [3.63, 3.8) is 0 Å². The third-order valence-corrected chi connectivity index (χ3v) is 5.02. The predicted octanol–water partition coefficient (Wildman–Crippen LogP) is 3.19. The molecule has 0 fully saturated rings. The van der Waals surface area contributed by atoms with E-state index in [0.29, 0.717) is 28.0 Å². The summed E-state index contributed by atoms with van der Waals surface area (Å²) < 4.78 is 18.7. The number of allylic oxidation sites excluding steroid dienone is 1. The minimum atomic E-state index is -0.792. The van der Waals surface area contributed by atoms with E-state index in [1.165, 1.54) is 37.1 Å². The maximum atomic E-state index is 13.8. The normalized spacial score (nSPS) is 15.7. The van der Waals surface area contributed by atoms with Crippen molar-refractivity contribution < 1.29 is 13.9 Å². The fourth-order valence-electron chi connectivity index (χ4n) is 3.04. The molecule has 140 valence electrons. The number of thioether (sulfide) groups is 1. The number of methoxy groups -OCH3 is 1. The monoisotopic (exact) mass is 387 g/mol. The molecule has 2 heterocycles. The van der Waals surface area contributed by atoms with Gasteiger partial charge in [0.25, 0.3) is 5.56 Å². The van der Waals surface area contributed by atoms with E-state index >= 15 is 0 Å². The summed E-state index contributed by atoms with van der Waals surface area (Å²) in [4.78, 5) is 32.4. The highest BCUT2D eigenvalue weighted by Gasteiger charge is 2.36. The van der Waals surface area contributed by atoms with E-state index in [0.717, 1.165) is 0 Å². The van der Waals surface area contributed by atoms with Gasteiger partial charge in [-0.2, -0.15) is 0 Å². The van der Waals surface area contributed by atoms with Crippen LogP contribution < -0.4 is 10.9 Å². The summed E-state index contributed by atoms with van der Waals surface area (Å²) in [5.74, 6) is -0.928. The molecule has 8 heteroatoms. The molecule has 0 saturated heterocycles. The summed E-state index contributed by atoms with van der Waals surface area (Å²) in [5.41, 5.74) is 1.06. The van der Waals surface area contributed by atoms with Crippen molar-refractivity contribution >= 4 is 23.5 Å². The summed E-state index contributed by atoms with van der Waals surface area (Å²) in [5, 5.41) is 3.44. The Morgan fingerprint density at radius 3 is 2.93 bits per heavy atom. The SMILES string of the molecule is C=CCSc1nc2c(c(=O)[nH]1)C(c1cccc(F)c1)C(C(=O)OC)=C(C)N2. The predicted molar refractivity (Wildman–Crippen MR) is 102 cm³/mol. The Labute approximate surface area is 159 Å². The second-order valence-corrected chi connectivity index (χ2v) is 6.89. The maximum Gasteiger partial charge on any atom is 0.336 e. The average molecular weight is 387 g/mol. The van der Waals surface area contributed by atoms with Gasteiger partial charge in [0, 0.05) is 11.4 Å². The van der Waals surface area contributed by atoms with Gasteiger partial charge in [0.15, 0.2) is 5.16 Å². The first-order chi connectivity index (χ1) is 13.0. The summed E-state index contributed by atoms with van der Waals surface area (Å²) in [6, 6.07) is 5.80. The van der Waals surface area contributed by atoms with Crippen LogP contribution in [0.4, 0.5) is 10.2 Å². The lowest BCUT2D eigenvalue weighted by Gasteiger charge is -2.28. The molecular formula is C19H18FN3O3S. The molecule has 27 heavy (non-hydrogen) atoms. The molecule has 1 aliphatic heterocycles. The Balaban J connectivity index is 2.23. The van der Waals surface area contributed by atoms with Crippen molar-refractivity contribution in [3.05, 3.63) is 75.5 Å². The highest BCUT2D eigenvalue weighted by Crippen LogP contribution is 2.40. The molecule has 6 nitrogen and oxygen atoms in total. The van der Waals surface area contributed by atoms with E-state index in [1.54, 1.807) is 19.1 Å². The highest BCUT2D eigenvalue weighted by molar-refractivity contribution is 7.99. The van der Waals surface area contributed by atoms with Gasteiger partial charge in [-0.1, -0.05) is 30.0 Å². The Hall–Kier alpha value is -2.87. The van der Waals surface area contributed by atoms with Gasteiger partial charge in [-0.05, 0) is 24.6 Å². The molecule has 0 radical (unpaired) electrons. The van der Waals surface area contributed by atoms with Crippen LogP contribution in [0.1, 0.15) is 24.0 Å². The van der Waals surface area contributed by atoms with Gasteiger partial charge >= 0.3 is 5.97 Å². The number of aromatic amines is 1. The number of nitrogens with one attached hydrogen (secondary N) is 2. The zero-order valence-electron chi connectivity index (χ0n) is 14.8. The van der Waals surface area contributed by atoms with Gasteiger partial charge in [0.05, 0.1) is 24.2 Å². The lowest BCUT2D eigenvalue weighted by molar-refractivity contribution is -0.136. The number of H-pyrrole nitrogens is 1. The lowest BCUT2D eigenvalue weighted by Crippen LogP contribution is -2.31. The molecule has 3 rings (SSSR count). The van der Waals surface area contributed by atoms with Crippen molar-refractivity contribution in [2.75, 3.05) is 18.2 Å². The summed E-state index contributed by atoms with van der Waals surface area (Å²) in [6.45, 7) is 5.34. The van der Waals surface area contributed by atoms with Gasteiger partial charge < -0.3 is 15.0 Å². The Bertz CT molecular complexity index is 1000. The number of fused-ring (bicyclic) bond motifs is 1. The summed E-state index contributed by atoms with van der Waals surface area (Å²) >= 11 is 1.33. The molecule has 1 aromatic carbocycles. The molecule has 1 aromatic heterocycles. The van der Waals surface area contributed by atoms with E-state index in [4.69, 9.17) is 4.74 Å². The topological polar surface area (TPSA) is 84.1 Å². The molecular weight excluding hydrogens is 369 g/mol. The van der Waals surface area contributed by atoms with Crippen LogP contribution in [0.3, 0.4) is 0 Å². The molecule has 0 saturated carbocycles. The summed E-state index contributed by atoms with van der Waals surface area (Å²) in [6.07, 6.45) is 1.70. The molecule has 0 aliphatic carbocycles. The first-order valence-electron chi connectivity index (χ1n) is 8.15. The van der Waals surface area contributed by atoms with Crippen LogP contribution in [-0.4, -0.2) is 28.8 Å². The second kappa shape index (κ2) is 7.79. The van der Waals surface area contributed by atoms with Crippen molar-refractivity contribution in [2.24, 2.45) is 0 Å². The van der Waals surface area contributed by atoms with Gasteiger partial charge in [-0.3, -0.25) is 4.79 Å². The first-order valence-corrected chi connectivity index (χ1v) is 9.14. The van der Waals surface area contributed by atoms with E-state index in [1.807, 2.05) is 0 Å². The third-order valence-electron chi connectivity index (χ3n) is 4.15. The van der Waals surface area contributed by atoms with Gasteiger partial charge in [-0.25, -0.2) is 14.2 Å². The quantitative estimate of drug-likeness (QED) is 0.355. The number of rotatable bonds is 5.